The SMILES string of the molecule is CC(=NNc1ccc([N+](=O)[O-])cc1[N+](=O)[O-])C(O)(c1ccccc1)c1ccccc1. The molecule has 0 unspecified atom stereocenters. The first kappa shape index (κ1) is 20.6. The minimum absolute atomic E-state index is 0.0339. The summed E-state index contributed by atoms with van der Waals surface area (Å²) in [5.74, 6) is 0. The Morgan fingerprint density at radius 2 is 1.43 bits per heavy atom. The molecule has 9 nitrogen and oxygen atoms in total. The lowest BCUT2D eigenvalue weighted by Gasteiger charge is -2.29. The number of nitro benzene ring substituents is 2. The molecule has 0 aliphatic heterocycles. The van der Waals surface area contributed by atoms with Gasteiger partial charge in [-0.3, -0.25) is 25.7 Å². The van der Waals surface area contributed by atoms with E-state index in [-0.39, 0.29) is 11.4 Å². The molecule has 0 aliphatic rings. The first-order valence-corrected chi connectivity index (χ1v) is 8.91. The zero-order valence-electron chi connectivity index (χ0n) is 15.9. The third-order valence-corrected chi connectivity index (χ3v) is 4.64. The Kier molecular flexibility index (Phi) is 5.84. The van der Waals surface area contributed by atoms with Crippen LogP contribution in [-0.4, -0.2) is 20.7 Å². The van der Waals surface area contributed by atoms with E-state index in [4.69, 9.17) is 0 Å². The fourth-order valence-corrected chi connectivity index (χ4v) is 3.05. The van der Waals surface area contributed by atoms with E-state index in [2.05, 4.69) is 10.5 Å². The van der Waals surface area contributed by atoms with E-state index in [0.717, 1.165) is 12.1 Å². The van der Waals surface area contributed by atoms with Gasteiger partial charge in [0.2, 0.25) is 0 Å². The molecule has 30 heavy (non-hydrogen) atoms. The number of anilines is 1. The number of benzene rings is 3. The van der Waals surface area contributed by atoms with E-state index in [0.29, 0.717) is 11.1 Å². The molecule has 0 spiro atoms. The summed E-state index contributed by atoms with van der Waals surface area (Å²) in [6.45, 7) is 1.59. The lowest BCUT2D eigenvalue weighted by Crippen LogP contribution is -2.36. The standard InChI is InChI=1S/C21H18N4O5/c1-15(22-23-19-13-12-18(24(27)28)14-20(19)25(29)30)21(26,16-8-4-2-5-9-16)17-10-6-3-7-11-17/h2-14,23,26H,1H3. The molecular formula is C21H18N4O5. The van der Waals surface area contributed by atoms with Crippen molar-refractivity contribution in [3.63, 3.8) is 0 Å². The summed E-state index contributed by atoms with van der Waals surface area (Å²) in [4.78, 5) is 20.8. The van der Waals surface area contributed by atoms with Gasteiger partial charge in [0.05, 0.1) is 21.6 Å². The second kappa shape index (κ2) is 8.50. The minimum Gasteiger partial charge on any atom is -0.375 e. The van der Waals surface area contributed by atoms with Crippen LogP contribution in [0, 0.1) is 20.2 Å². The number of non-ortho nitro benzene ring substituents is 1. The molecule has 9 heteroatoms. The van der Waals surface area contributed by atoms with Crippen LogP contribution in [0.5, 0.6) is 0 Å². The molecule has 0 saturated heterocycles. The first-order valence-electron chi connectivity index (χ1n) is 8.91. The number of nitrogens with zero attached hydrogens (tertiary/aromatic N) is 3. The van der Waals surface area contributed by atoms with Crippen molar-refractivity contribution in [2.75, 3.05) is 5.43 Å². The Morgan fingerprint density at radius 1 is 0.900 bits per heavy atom. The van der Waals surface area contributed by atoms with Gasteiger partial charge in [-0.25, -0.2) is 0 Å². The van der Waals surface area contributed by atoms with Crippen LogP contribution in [0.2, 0.25) is 0 Å². The van der Waals surface area contributed by atoms with Crippen molar-refractivity contribution in [3.8, 4) is 0 Å². The number of nitro groups is 2. The molecule has 152 valence electrons. The van der Waals surface area contributed by atoms with Crippen molar-refractivity contribution >= 4 is 22.8 Å². The van der Waals surface area contributed by atoms with E-state index < -0.39 is 26.8 Å². The highest BCUT2D eigenvalue weighted by Crippen LogP contribution is 2.33. The number of hydrogen-bond acceptors (Lipinski definition) is 7. The molecule has 0 bridgehead atoms. The normalized spacial score (nSPS) is 11.7. The van der Waals surface area contributed by atoms with E-state index in [9.17, 15) is 25.3 Å². The number of nitrogens with one attached hydrogen (secondary N) is 1. The summed E-state index contributed by atoms with van der Waals surface area (Å²) in [5, 5.41) is 38.0. The smallest absolute Gasteiger partial charge is 0.301 e. The Balaban J connectivity index is 2.04. The fraction of sp³-hybridized carbons (Fsp3) is 0.0952. The van der Waals surface area contributed by atoms with Crippen LogP contribution in [0.15, 0.2) is 84.0 Å². The summed E-state index contributed by atoms with van der Waals surface area (Å²) in [6.07, 6.45) is 0. The number of aliphatic hydroxyl groups is 1. The molecule has 3 rings (SSSR count). The van der Waals surface area contributed by atoms with Crippen molar-refractivity contribution in [2.24, 2.45) is 5.10 Å². The van der Waals surface area contributed by atoms with Gasteiger partial charge in [0.15, 0.2) is 5.60 Å². The van der Waals surface area contributed by atoms with Gasteiger partial charge in [-0.15, -0.1) is 0 Å². The second-order valence-electron chi connectivity index (χ2n) is 6.47. The summed E-state index contributed by atoms with van der Waals surface area (Å²) >= 11 is 0. The van der Waals surface area contributed by atoms with E-state index >= 15 is 0 Å². The maximum absolute atomic E-state index is 11.6. The molecule has 0 amide bonds. The largest absolute Gasteiger partial charge is 0.375 e. The number of hydrazone groups is 1. The molecule has 0 saturated carbocycles. The van der Waals surface area contributed by atoms with Gasteiger partial charge in [0.1, 0.15) is 5.69 Å². The van der Waals surface area contributed by atoms with Crippen molar-refractivity contribution in [1.82, 2.24) is 0 Å². The van der Waals surface area contributed by atoms with Crippen LogP contribution in [0.25, 0.3) is 0 Å². The quantitative estimate of drug-likeness (QED) is 0.343. The monoisotopic (exact) mass is 406 g/mol. The van der Waals surface area contributed by atoms with Crippen LogP contribution in [0.1, 0.15) is 18.1 Å². The highest BCUT2D eigenvalue weighted by Gasteiger charge is 2.35. The van der Waals surface area contributed by atoms with E-state index in [1.54, 1.807) is 55.5 Å². The van der Waals surface area contributed by atoms with Gasteiger partial charge in [-0.2, -0.15) is 5.10 Å². The van der Waals surface area contributed by atoms with Gasteiger partial charge in [-0.05, 0) is 24.1 Å². The third-order valence-electron chi connectivity index (χ3n) is 4.64. The van der Waals surface area contributed by atoms with E-state index in [1.807, 2.05) is 12.1 Å². The van der Waals surface area contributed by atoms with Crippen molar-refractivity contribution in [1.29, 1.82) is 0 Å². The average Bonchev–Trinajstić information content (AvgIpc) is 2.77. The van der Waals surface area contributed by atoms with E-state index in [1.165, 1.54) is 6.07 Å². The van der Waals surface area contributed by atoms with Gasteiger partial charge in [0.25, 0.3) is 5.69 Å². The Labute approximate surface area is 171 Å². The molecule has 0 fully saturated rings. The fourth-order valence-electron chi connectivity index (χ4n) is 3.05. The number of rotatable bonds is 7. The Hall–Kier alpha value is -4.11. The van der Waals surface area contributed by atoms with Gasteiger partial charge in [-0.1, -0.05) is 60.7 Å². The third kappa shape index (κ3) is 4.01. The van der Waals surface area contributed by atoms with Crippen LogP contribution < -0.4 is 5.43 Å². The molecule has 3 aromatic rings. The van der Waals surface area contributed by atoms with Crippen molar-refractivity contribution in [3.05, 3.63) is 110 Å². The molecule has 2 N–H and O–H groups in total. The molecule has 0 radical (unpaired) electrons. The van der Waals surface area contributed by atoms with Crippen LogP contribution in [0.4, 0.5) is 17.1 Å². The molecule has 0 aromatic heterocycles. The van der Waals surface area contributed by atoms with Crippen LogP contribution in [-0.2, 0) is 5.60 Å². The van der Waals surface area contributed by atoms with Crippen molar-refractivity contribution < 1.29 is 15.0 Å². The average molecular weight is 406 g/mol. The highest BCUT2D eigenvalue weighted by molar-refractivity contribution is 5.95. The number of hydrogen-bond donors (Lipinski definition) is 2. The summed E-state index contributed by atoms with van der Waals surface area (Å²) in [6, 6.07) is 21.0. The van der Waals surface area contributed by atoms with Crippen LogP contribution >= 0.6 is 0 Å². The maximum atomic E-state index is 11.6. The summed E-state index contributed by atoms with van der Waals surface area (Å²) in [7, 11) is 0. The topological polar surface area (TPSA) is 131 Å². The van der Waals surface area contributed by atoms with Gasteiger partial charge >= 0.3 is 5.69 Å². The molecule has 0 atom stereocenters. The highest BCUT2D eigenvalue weighted by atomic mass is 16.6. The lowest BCUT2D eigenvalue weighted by molar-refractivity contribution is -0.393. The zero-order valence-corrected chi connectivity index (χ0v) is 15.9. The molecule has 0 heterocycles. The van der Waals surface area contributed by atoms with Crippen LogP contribution in [0.3, 0.4) is 0 Å². The lowest BCUT2D eigenvalue weighted by atomic mass is 9.83. The van der Waals surface area contributed by atoms with Crippen molar-refractivity contribution in [2.45, 2.75) is 12.5 Å². The van der Waals surface area contributed by atoms with Gasteiger partial charge in [0, 0.05) is 6.07 Å². The minimum atomic E-state index is -1.59. The Bertz CT molecular complexity index is 1060. The predicted octanol–water partition coefficient (Wildman–Crippen LogP) is 4.23. The Morgan fingerprint density at radius 3 is 1.90 bits per heavy atom. The molecular weight excluding hydrogens is 388 g/mol. The molecule has 3 aromatic carbocycles. The predicted molar refractivity (Wildman–Crippen MR) is 112 cm³/mol. The second-order valence-corrected chi connectivity index (χ2v) is 6.47. The summed E-state index contributed by atoms with van der Waals surface area (Å²) < 4.78 is 0. The van der Waals surface area contributed by atoms with Gasteiger partial charge < -0.3 is 5.11 Å². The summed E-state index contributed by atoms with van der Waals surface area (Å²) in [5.41, 5.74) is 1.41. The zero-order chi connectivity index (χ0) is 21.7. The molecule has 0 aliphatic carbocycles. The maximum Gasteiger partial charge on any atom is 0.301 e. The first-order chi connectivity index (χ1) is 14.3.